The number of amides is 1. The van der Waals surface area contributed by atoms with Crippen molar-refractivity contribution in [2.75, 3.05) is 13.6 Å². The molecule has 0 rings (SSSR count). The van der Waals surface area contributed by atoms with Crippen molar-refractivity contribution >= 4 is 5.91 Å². The lowest BCUT2D eigenvalue weighted by Gasteiger charge is -2.33. The Morgan fingerprint density at radius 1 is 1.14 bits per heavy atom. The molecule has 0 aliphatic heterocycles. The van der Waals surface area contributed by atoms with Crippen molar-refractivity contribution in [2.24, 2.45) is 0 Å². The number of rotatable bonds is 2. The molecule has 0 fully saturated rings. The summed E-state index contributed by atoms with van der Waals surface area (Å²) in [6, 6.07) is 0. The predicted octanol–water partition coefficient (Wildman–Crippen LogP) is 1.63. The van der Waals surface area contributed by atoms with Crippen LogP contribution in [0.5, 0.6) is 0 Å². The summed E-state index contributed by atoms with van der Waals surface area (Å²) in [5, 5.41) is 3.18. The van der Waals surface area contributed by atoms with Crippen LogP contribution in [0, 0.1) is 0 Å². The molecule has 3 heteroatoms. The molecule has 0 aromatic heterocycles. The van der Waals surface area contributed by atoms with Crippen molar-refractivity contribution in [3.63, 3.8) is 0 Å². The van der Waals surface area contributed by atoms with E-state index in [1.165, 1.54) is 0 Å². The lowest BCUT2D eigenvalue weighted by molar-refractivity contribution is -0.133. The quantitative estimate of drug-likeness (QED) is 0.735. The van der Waals surface area contributed by atoms with Gasteiger partial charge >= 0.3 is 0 Å². The number of carbonyl (C=O) groups excluding carboxylic acids is 1. The molecule has 0 saturated carbocycles. The highest BCUT2D eigenvalue weighted by molar-refractivity contribution is 5.78. The van der Waals surface area contributed by atoms with Gasteiger partial charge in [0.25, 0.3) is 0 Å². The molecule has 0 unspecified atom stereocenters. The van der Waals surface area contributed by atoms with E-state index in [0.29, 0.717) is 6.54 Å². The normalized spacial score (nSPS) is 12.8. The fourth-order valence-corrected chi connectivity index (χ4v) is 0.833. The maximum absolute atomic E-state index is 11.7. The molecule has 0 aliphatic rings. The topological polar surface area (TPSA) is 32.3 Å². The second-order valence-electron chi connectivity index (χ2n) is 5.73. The zero-order valence-corrected chi connectivity index (χ0v) is 10.6. The minimum atomic E-state index is -0.101. The van der Waals surface area contributed by atoms with Gasteiger partial charge in [-0.3, -0.25) is 4.79 Å². The number of likely N-dealkylation sites (N-methyl/N-ethyl adjacent to an activating group) is 1. The maximum Gasteiger partial charge on any atom is 0.236 e. The maximum atomic E-state index is 11.7. The summed E-state index contributed by atoms with van der Waals surface area (Å²) in [7, 11) is 1.84. The number of carbonyl (C=O) groups is 1. The molecule has 84 valence electrons. The van der Waals surface area contributed by atoms with Crippen LogP contribution in [-0.2, 0) is 4.79 Å². The van der Waals surface area contributed by atoms with E-state index in [9.17, 15) is 4.79 Å². The van der Waals surface area contributed by atoms with Gasteiger partial charge < -0.3 is 10.2 Å². The molecule has 1 amide bonds. The standard InChI is InChI=1S/C11H24N2O/c1-10(2,3)12-8-9(14)13(7)11(4,5)6/h12H,8H2,1-7H3. The zero-order valence-electron chi connectivity index (χ0n) is 10.6. The van der Waals surface area contributed by atoms with Gasteiger partial charge in [0, 0.05) is 18.1 Å². The molecule has 0 bridgehead atoms. The Hall–Kier alpha value is -0.570. The number of nitrogens with one attached hydrogen (secondary N) is 1. The van der Waals surface area contributed by atoms with Gasteiger partial charge in [-0.05, 0) is 41.5 Å². The molecular weight excluding hydrogens is 176 g/mol. The fourth-order valence-electron chi connectivity index (χ4n) is 0.833. The molecule has 0 aromatic carbocycles. The third kappa shape index (κ3) is 5.22. The van der Waals surface area contributed by atoms with Crippen LogP contribution in [0.4, 0.5) is 0 Å². The number of hydrogen-bond donors (Lipinski definition) is 1. The summed E-state index contributed by atoms with van der Waals surface area (Å²) in [4.78, 5) is 13.5. The monoisotopic (exact) mass is 200 g/mol. The van der Waals surface area contributed by atoms with Gasteiger partial charge in [0.05, 0.1) is 6.54 Å². The number of hydrogen-bond acceptors (Lipinski definition) is 2. The van der Waals surface area contributed by atoms with Crippen molar-refractivity contribution in [1.82, 2.24) is 10.2 Å². The van der Waals surface area contributed by atoms with Crippen LogP contribution in [-0.4, -0.2) is 35.5 Å². The van der Waals surface area contributed by atoms with E-state index in [1.54, 1.807) is 4.90 Å². The van der Waals surface area contributed by atoms with E-state index >= 15 is 0 Å². The van der Waals surface area contributed by atoms with Crippen LogP contribution in [0.2, 0.25) is 0 Å². The molecule has 0 atom stereocenters. The van der Waals surface area contributed by atoms with E-state index in [2.05, 4.69) is 26.1 Å². The van der Waals surface area contributed by atoms with E-state index in [0.717, 1.165) is 0 Å². The Kier molecular flexibility index (Phi) is 4.13. The first-order valence-corrected chi connectivity index (χ1v) is 5.06. The average Bonchev–Trinajstić information content (AvgIpc) is 1.95. The average molecular weight is 200 g/mol. The predicted molar refractivity (Wildman–Crippen MR) is 60.3 cm³/mol. The van der Waals surface area contributed by atoms with Gasteiger partial charge in [-0.25, -0.2) is 0 Å². The molecule has 0 aliphatic carbocycles. The lowest BCUT2D eigenvalue weighted by atomic mass is 10.1. The Balaban J connectivity index is 4.11. The van der Waals surface area contributed by atoms with Crippen molar-refractivity contribution in [3.8, 4) is 0 Å². The van der Waals surface area contributed by atoms with Gasteiger partial charge in [-0.1, -0.05) is 0 Å². The van der Waals surface area contributed by atoms with Gasteiger partial charge in [0.2, 0.25) is 5.91 Å². The van der Waals surface area contributed by atoms with E-state index in [-0.39, 0.29) is 17.0 Å². The Morgan fingerprint density at radius 3 is 1.86 bits per heavy atom. The van der Waals surface area contributed by atoms with Crippen LogP contribution in [0.25, 0.3) is 0 Å². The van der Waals surface area contributed by atoms with Crippen LogP contribution < -0.4 is 5.32 Å². The molecule has 3 nitrogen and oxygen atoms in total. The van der Waals surface area contributed by atoms with E-state index in [1.807, 2.05) is 27.8 Å². The Bertz CT molecular complexity index is 198. The minimum Gasteiger partial charge on any atom is -0.340 e. The Labute approximate surface area is 87.9 Å². The molecule has 1 N–H and O–H groups in total. The van der Waals surface area contributed by atoms with E-state index < -0.39 is 0 Å². The summed E-state index contributed by atoms with van der Waals surface area (Å²) >= 11 is 0. The highest BCUT2D eigenvalue weighted by Crippen LogP contribution is 2.10. The van der Waals surface area contributed by atoms with Crippen LogP contribution in [0.15, 0.2) is 0 Å². The van der Waals surface area contributed by atoms with Gasteiger partial charge in [0.15, 0.2) is 0 Å². The smallest absolute Gasteiger partial charge is 0.236 e. The zero-order chi connectivity index (χ0) is 11.6. The van der Waals surface area contributed by atoms with Gasteiger partial charge in [0.1, 0.15) is 0 Å². The fraction of sp³-hybridized carbons (Fsp3) is 0.909. The molecular formula is C11H24N2O. The second kappa shape index (κ2) is 4.30. The summed E-state index contributed by atoms with van der Waals surface area (Å²) < 4.78 is 0. The minimum absolute atomic E-state index is 0.00557. The molecule has 0 spiro atoms. The highest BCUT2D eigenvalue weighted by atomic mass is 16.2. The first-order valence-electron chi connectivity index (χ1n) is 5.06. The first kappa shape index (κ1) is 13.4. The van der Waals surface area contributed by atoms with E-state index in [4.69, 9.17) is 0 Å². The third-order valence-electron chi connectivity index (χ3n) is 2.15. The highest BCUT2D eigenvalue weighted by Gasteiger charge is 2.22. The van der Waals surface area contributed by atoms with Crippen molar-refractivity contribution < 1.29 is 4.79 Å². The van der Waals surface area contributed by atoms with Gasteiger partial charge in [-0.15, -0.1) is 0 Å². The van der Waals surface area contributed by atoms with Crippen LogP contribution >= 0.6 is 0 Å². The molecule has 0 saturated heterocycles. The molecule has 14 heavy (non-hydrogen) atoms. The number of nitrogens with zero attached hydrogens (tertiary/aromatic N) is 1. The largest absolute Gasteiger partial charge is 0.340 e. The molecule has 0 heterocycles. The summed E-state index contributed by atoms with van der Waals surface area (Å²) in [5.74, 6) is 0.132. The SMILES string of the molecule is CN(C(=O)CNC(C)(C)C)C(C)(C)C. The molecule has 0 radical (unpaired) electrons. The van der Waals surface area contributed by atoms with Crippen LogP contribution in [0.1, 0.15) is 41.5 Å². The third-order valence-corrected chi connectivity index (χ3v) is 2.15. The first-order chi connectivity index (χ1) is 6.04. The van der Waals surface area contributed by atoms with Crippen molar-refractivity contribution in [3.05, 3.63) is 0 Å². The Morgan fingerprint density at radius 2 is 1.57 bits per heavy atom. The van der Waals surface area contributed by atoms with Crippen molar-refractivity contribution in [2.45, 2.75) is 52.6 Å². The second-order valence-corrected chi connectivity index (χ2v) is 5.73. The summed E-state index contributed by atoms with van der Waals surface area (Å²) in [6.45, 7) is 12.6. The lowest BCUT2D eigenvalue weighted by Crippen LogP contribution is -2.49. The van der Waals surface area contributed by atoms with Gasteiger partial charge in [-0.2, -0.15) is 0 Å². The molecule has 0 aromatic rings. The summed E-state index contributed by atoms with van der Waals surface area (Å²) in [6.07, 6.45) is 0. The van der Waals surface area contributed by atoms with Crippen molar-refractivity contribution in [1.29, 1.82) is 0 Å². The summed E-state index contributed by atoms with van der Waals surface area (Å²) in [5.41, 5.74) is -0.106. The van der Waals surface area contributed by atoms with Crippen LogP contribution in [0.3, 0.4) is 0 Å².